The second-order valence-electron chi connectivity index (χ2n) is 7.02. The summed E-state index contributed by atoms with van der Waals surface area (Å²) in [7, 11) is 0. The number of pyridine rings is 1. The second kappa shape index (κ2) is 10.2. The Labute approximate surface area is 179 Å². The van der Waals surface area contributed by atoms with Gasteiger partial charge in [0.15, 0.2) is 0 Å². The van der Waals surface area contributed by atoms with Gasteiger partial charge >= 0.3 is 6.03 Å². The number of carbonyl (C=O) groups excluding carboxylic acids is 2. The SMILES string of the molecule is CC(C)NC(=O)NCC(=O)Nc1cccc(-c2ccc(Oc3ccc(F)cc3)cc2)n1. The first-order valence-electron chi connectivity index (χ1n) is 9.74. The Morgan fingerprint density at radius 1 is 0.968 bits per heavy atom. The third-order valence-electron chi connectivity index (χ3n) is 4.05. The van der Waals surface area contributed by atoms with Gasteiger partial charge in [0.25, 0.3) is 0 Å². The number of anilines is 1. The molecule has 0 spiro atoms. The molecule has 0 radical (unpaired) electrons. The first kappa shape index (κ1) is 21.8. The Bertz CT molecular complexity index is 1040. The van der Waals surface area contributed by atoms with Crippen LogP contribution in [-0.2, 0) is 4.79 Å². The molecule has 0 atom stereocenters. The molecule has 3 N–H and O–H groups in total. The standard InChI is InChI=1S/C23H23FN4O3/c1-15(2)26-23(30)25-14-22(29)28-21-5-3-4-20(27-21)16-6-10-18(11-7-16)31-19-12-8-17(24)9-13-19/h3-13,15H,14H2,1-2H3,(H2,25,26,30)(H,27,28,29). The summed E-state index contributed by atoms with van der Waals surface area (Å²) in [5.41, 5.74) is 1.49. The molecule has 1 heterocycles. The number of carbonyl (C=O) groups is 2. The number of rotatable bonds is 7. The van der Waals surface area contributed by atoms with Gasteiger partial charge in [0.2, 0.25) is 5.91 Å². The molecule has 3 aromatic rings. The molecule has 0 aliphatic heterocycles. The lowest BCUT2D eigenvalue weighted by Crippen LogP contribution is -2.42. The van der Waals surface area contributed by atoms with Crippen molar-refractivity contribution in [3.05, 3.63) is 72.5 Å². The highest BCUT2D eigenvalue weighted by Crippen LogP contribution is 2.25. The van der Waals surface area contributed by atoms with E-state index in [9.17, 15) is 14.0 Å². The largest absolute Gasteiger partial charge is 0.457 e. The number of hydrogen-bond acceptors (Lipinski definition) is 4. The van der Waals surface area contributed by atoms with Crippen molar-refractivity contribution in [3.63, 3.8) is 0 Å². The van der Waals surface area contributed by atoms with E-state index in [0.717, 1.165) is 5.56 Å². The van der Waals surface area contributed by atoms with Crippen LogP contribution in [0.25, 0.3) is 11.3 Å². The lowest BCUT2D eigenvalue weighted by Gasteiger charge is -2.11. The monoisotopic (exact) mass is 422 g/mol. The third kappa shape index (κ3) is 6.81. The van der Waals surface area contributed by atoms with Crippen LogP contribution in [0.1, 0.15) is 13.8 Å². The number of benzene rings is 2. The first-order chi connectivity index (χ1) is 14.9. The van der Waals surface area contributed by atoms with E-state index in [1.165, 1.54) is 12.1 Å². The molecule has 0 saturated carbocycles. The number of nitrogens with zero attached hydrogens (tertiary/aromatic N) is 1. The summed E-state index contributed by atoms with van der Waals surface area (Å²) in [6.45, 7) is 3.49. The van der Waals surface area contributed by atoms with Gasteiger partial charge in [-0.15, -0.1) is 0 Å². The maximum Gasteiger partial charge on any atom is 0.315 e. The fourth-order valence-electron chi connectivity index (χ4n) is 2.66. The minimum atomic E-state index is -0.408. The van der Waals surface area contributed by atoms with Crippen molar-refractivity contribution in [1.82, 2.24) is 15.6 Å². The molecular formula is C23H23FN4O3. The first-order valence-corrected chi connectivity index (χ1v) is 9.74. The molecule has 0 fully saturated rings. The van der Waals surface area contributed by atoms with Gasteiger partial charge in [-0.05, 0) is 74.5 Å². The van der Waals surface area contributed by atoms with Crippen molar-refractivity contribution in [2.75, 3.05) is 11.9 Å². The number of hydrogen-bond donors (Lipinski definition) is 3. The third-order valence-corrected chi connectivity index (χ3v) is 4.05. The van der Waals surface area contributed by atoms with Crippen molar-refractivity contribution >= 4 is 17.8 Å². The van der Waals surface area contributed by atoms with Gasteiger partial charge in [0, 0.05) is 11.6 Å². The molecule has 3 rings (SSSR count). The molecule has 1 aromatic heterocycles. The van der Waals surface area contributed by atoms with E-state index in [4.69, 9.17) is 4.74 Å². The summed E-state index contributed by atoms with van der Waals surface area (Å²) in [6, 6.07) is 17.8. The molecule has 0 bridgehead atoms. The van der Waals surface area contributed by atoms with Crippen molar-refractivity contribution in [2.45, 2.75) is 19.9 Å². The predicted octanol–water partition coefficient (Wildman–Crippen LogP) is 4.33. The molecular weight excluding hydrogens is 399 g/mol. The van der Waals surface area contributed by atoms with Crippen molar-refractivity contribution < 1.29 is 18.7 Å². The smallest absolute Gasteiger partial charge is 0.315 e. The molecule has 160 valence electrons. The molecule has 0 saturated heterocycles. The van der Waals surface area contributed by atoms with Crippen LogP contribution < -0.4 is 20.7 Å². The summed E-state index contributed by atoms with van der Waals surface area (Å²) in [5, 5.41) is 7.79. The summed E-state index contributed by atoms with van der Waals surface area (Å²) >= 11 is 0. The number of ether oxygens (including phenoxy) is 1. The maximum atomic E-state index is 13.0. The zero-order chi connectivity index (χ0) is 22.2. The van der Waals surface area contributed by atoms with E-state index in [-0.39, 0.29) is 24.3 Å². The van der Waals surface area contributed by atoms with Crippen molar-refractivity contribution in [1.29, 1.82) is 0 Å². The zero-order valence-corrected chi connectivity index (χ0v) is 17.2. The van der Waals surface area contributed by atoms with E-state index in [0.29, 0.717) is 23.0 Å². The number of amides is 3. The molecule has 3 amide bonds. The molecule has 0 unspecified atom stereocenters. The Kier molecular flexibility index (Phi) is 7.16. The van der Waals surface area contributed by atoms with Crippen LogP contribution in [-0.4, -0.2) is 29.5 Å². The van der Waals surface area contributed by atoms with E-state index >= 15 is 0 Å². The number of urea groups is 1. The average molecular weight is 422 g/mol. The minimum Gasteiger partial charge on any atom is -0.457 e. The lowest BCUT2D eigenvalue weighted by atomic mass is 10.1. The van der Waals surface area contributed by atoms with Crippen LogP contribution in [0.2, 0.25) is 0 Å². The fourth-order valence-corrected chi connectivity index (χ4v) is 2.66. The van der Waals surface area contributed by atoms with Crippen LogP contribution in [0.4, 0.5) is 15.0 Å². The summed E-state index contributed by atoms with van der Waals surface area (Å²) in [5.74, 6) is 0.806. The Morgan fingerprint density at radius 3 is 2.26 bits per heavy atom. The molecule has 8 heteroatoms. The zero-order valence-electron chi connectivity index (χ0n) is 17.2. The number of nitrogens with one attached hydrogen (secondary N) is 3. The fraction of sp³-hybridized carbons (Fsp3) is 0.174. The molecule has 2 aromatic carbocycles. The van der Waals surface area contributed by atoms with Gasteiger partial charge in [-0.3, -0.25) is 4.79 Å². The van der Waals surface area contributed by atoms with E-state index in [1.807, 2.05) is 32.0 Å². The van der Waals surface area contributed by atoms with Gasteiger partial charge in [-0.25, -0.2) is 14.2 Å². The molecule has 7 nitrogen and oxygen atoms in total. The van der Waals surface area contributed by atoms with Crippen LogP contribution in [0.5, 0.6) is 11.5 Å². The van der Waals surface area contributed by atoms with Crippen LogP contribution in [0, 0.1) is 5.82 Å². The highest BCUT2D eigenvalue weighted by molar-refractivity contribution is 5.93. The summed E-state index contributed by atoms with van der Waals surface area (Å²) in [4.78, 5) is 28.1. The van der Waals surface area contributed by atoms with E-state index in [2.05, 4.69) is 20.9 Å². The number of halogens is 1. The van der Waals surface area contributed by atoms with Crippen LogP contribution >= 0.6 is 0 Å². The second-order valence-corrected chi connectivity index (χ2v) is 7.02. The van der Waals surface area contributed by atoms with Gasteiger partial charge in [-0.2, -0.15) is 0 Å². The van der Waals surface area contributed by atoms with Gasteiger partial charge in [0.1, 0.15) is 23.1 Å². The topological polar surface area (TPSA) is 92.4 Å². The van der Waals surface area contributed by atoms with Crippen LogP contribution in [0.3, 0.4) is 0 Å². The maximum absolute atomic E-state index is 13.0. The number of aromatic nitrogens is 1. The minimum absolute atomic E-state index is 0.0195. The van der Waals surface area contributed by atoms with E-state index < -0.39 is 6.03 Å². The highest BCUT2D eigenvalue weighted by Gasteiger charge is 2.08. The van der Waals surface area contributed by atoms with Crippen LogP contribution in [0.15, 0.2) is 66.7 Å². The molecule has 31 heavy (non-hydrogen) atoms. The lowest BCUT2D eigenvalue weighted by molar-refractivity contribution is -0.115. The highest BCUT2D eigenvalue weighted by atomic mass is 19.1. The Morgan fingerprint density at radius 2 is 1.61 bits per heavy atom. The normalized spacial score (nSPS) is 10.5. The van der Waals surface area contributed by atoms with Crippen molar-refractivity contribution in [2.24, 2.45) is 0 Å². The van der Waals surface area contributed by atoms with E-state index in [1.54, 1.807) is 36.4 Å². The Hall–Kier alpha value is -3.94. The van der Waals surface area contributed by atoms with Gasteiger partial charge in [0.05, 0.1) is 12.2 Å². The Balaban J connectivity index is 1.59. The predicted molar refractivity (Wildman–Crippen MR) is 116 cm³/mol. The van der Waals surface area contributed by atoms with Gasteiger partial charge < -0.3 is 20.7 Å². The van der Waals surface area contributed by atoms with Gasteiger partial charge in [-0.1, -0.05) is 6.07 Å². The average Bonchev–Trinajstić information content (AvgIpc) is 2.74. The van der Waals surface area contributed by atoms with Crippen molar-refractivity contribution in [3.8, 4) is 22.8 Å². The quantitative estimate of drug-likeness (QED) is 0.529. The summed E-state index contributed by atoms with van der Waals surface area (Å²) < 4.78 is 18.7. The molecule has 0 aliphatic rings. The molecule has 0 aliphatic carbocycles. The summed E-state index contributed by atoms with van der Waals surface area (Å²) in [6.07, 6.45) is 0.